The molecule has 0 aliphatic carbocycles. The summed E-state index contributed by atoms with van der Waals surface area (Å²) in [7, 11) is 0. The van der Waals surface area contributed by atoms with Crippen molar-refractivity contribution < 1.29 is 14.3 Å². The molecule has 1 N–H and O–H groups in total. The highest BCUT2D eigenvalue weighted by Gasteiger charge is 2.18. The lowest BCUT2D eigenvalue weighted by Crippen LogP contribution is -2.42. The third-order valence-electron chi connectivity index (χ3n) is 3.84. The van der Waals surface area contributed by atoms with E-state index in [0.717, 1.165) is 12.8 Å². The van der Waals surface area contributed by atoms with Crippen LogP contribution in [0.15, 0.2) is 0 Å². The van der Waals surface area contributed by atoms with E-state index in [0.29, 0.717) is 6.61 Å². The Morgan fingerprint density at radius 3 is 1.83 bits per heavy atom. The van der Waals surface area contributed by atoms with Crippen molar-refractivity contribution in [2.24, 2.45) is 0 Å². The van der Waals surface area contributed by atoms with Gasteiger partial charge in [0.05, 0.1) is 6.61 Å². The van der Waals surface area contributed by atoms with E-state index in [1.54, 1.807) is 0 Å². The standard InChI is InChI=1S/C18H35NO3S/c1-3-4-5-6-7-8-9-10-11-12-13-14-22-18(21)17(15-23)19-16(2)20/h17,23H,3-15H2,1-2H3,(H,19,20)/t17-/m0/s1. The van der Waals surface area contributed by atoms with Crippen LogP contribution in [0.5, 0.6) is 0 Å². The number of carbonyl (C=O) groups is 2. The Bertz CT molecular complexity index is 311. The minimum absolute atomic E-state index is 0.240. The summed E-state index contributed by atoms with van der Waals surface area (Å²) in [5, 5.41) is 2.53. The predicted octanol–water partition coefficient (Wildman–Crippen LogP) is 4.28. The Morgan fingerprint density at radius 2 is 1.39 bits per heavy atom. The number of esters is 1. The lowest BCUT2D eigenvalue weighted by molar-refractivity contribution is -0.147. The highest BCUT2D eigenvalue weighted by Crippen LogP contribution is 2.11. The number of ether oxygens (including phenoxy) is 1. The maximum atomic E-state index is 11.7. The summed E-state index contributed by atoms with van der Waals surface area (Å²) < 4.78 is 5.18. The van der Waals surface area contributed by atoms with E-state index in [9.17, 15) is 9.59 Å². The van der Waals surface area contributed by atoms with Gasteiger partial charge in [-0.25, -0.2) is 4.79 Å². The summed E-state index contributed by atoms with van der Waals surface area (Å²) in [6.07, 6.45) is 13.9. The summed E-state index contributed by atoms with van der Waals surface area (Å²) in [5.41, 5.74) is 0. The van der Waals surface area contributed by atoms with Gasteiger partial charge in [0.1, 0.15) is 6.04 Å². The van der Waals surface area contributed by atoms with E-state index < -0.39 is 6.04 Å². The molecule has 0 fully saturated rings. The van der Waals surface area contributed by atoms with Crippen LogP contribution in [0.1, 0.15) is 84.5 Å². The van der Waals surface area contributed by atoms with Crippen LogP contribution < -0.4 is 5.32 Å². The number of hydrogen-bond donors (Lipinski definition) is 2. The first-order valence-electron chi connectivity index (χ1n) is 9.16. The zero-order valence-electron chi connectivity index (χ0n) is 14.9. The van der Waals surface area contributed by atoms with Gasteiger partial charge in [-0.3, -0.25) is 4.79 Å². The summed E-state index contributed by atoms with van der Waals surface area (Å²) in [5.74, 6) is -0.366. The van der Waals surface area contributed by atoms with Crippen LogP contribution >= 0.6 is 12.6 Å². The summed E-state index contributed by atoms with van der Waals surface area (Å²) in [6.45, 7) is 4.06. The number of thiol groups is 1. The molecule has 0 unspecified atom stereocenters. The van der Waals surface area contributed by atoms with Gasteiger partial charge < -0.3 is 10.1 Å². The van der Waals surface area contributed by atoms with Gasteiger partial charge in [0.25, 0.3) is 0 Å². The maximum Gasteiger partial charge on any atom is 0.329 e. The molecule has 0 spiro atoms. The van der Waals surface area contributed by atoms with Crippen LogP contribution in [0.2, 0.25) is 0 Å². The first kappa shape index (κ1) is 22.3. The second-order valence-corrected chi connectivity index (χ2v) is 6.50. The highest BCUT2D eigenvalue weighted by molar-refractivity contribution is 7.80. The molecule has 23 heavy (non-hydrogen) atoms. The molecule has 0 rings (SSSR count). The van der Waals surface area contributed by atoms with Crippen molar-refractivity contribution in [1.29, 1.82) is 0 Å². The Hall–Kier alpha value is -0.710. The number of hydrogen-bond acceptors (Lipinski definition) is 4. The number of nitrogens with one attached hydrogen (secondary N) is 1. The Labute approximate surface area is 147 Å². The molecule has 1 atom stereocenters. The predicted molar refractivity (Wildman–Crippen MR) is 98.9 cm³/mol. The second-order valence-electron chi connectivity index (χ2n) is 6.14. The number of unbranched alkanes of at least 4 members (excludes halogenated alkanes) is 10. The monoisotopic (exact) mass is 345 g/mol. The molecule has 0 aromatic carbocycles. The number of amides is 1. The van der Waals surface area contributed by atoms with Crippen LogP contribution in [0, 0.1) is 0 Å². The van der Waals surface area contributed by atoms with E-state index in [2.05, 4.69) is 24.9 Å². The number of carbonyl (C=O) groups excluding carboxylic acids is 2. The van der Waals surface area contributed by atoms with Gasteiger partial charge in [0.15, 0.2) is 0 Å². The van der Waals surface area contributed by atoms with E-state index in [1.807, 2.05) is 0 Å². The van der Waals surface area contributed by atoms with E-state index in [-0.39, 0.29) is 17.6 Å². The lowest BCUT2D eigenvalue weighted by Gasteiger charge is -2.14. The van der Waals surface area contributed by atoms with Crippen LogP contribution in [0.25, 0.3) is 0 Å². The maximum absolute atomic E-state index is 11.7. The molecule has 0 heterocycles. The zero-order valence-corrected chi connectivity index (χ0v) is 15.8. The Kier molecular flexibility index (Phi) is 15.7. The molecule has 0 aromatic heterocycles. The molecule has 0 bridgehead atoms. The van der Waals surface area contributed by atoms with Gasteiger partial charge in [0.2, 0.25) is 5.91 Å². The zero-order chi connectivity index (χ0) is 17.3. The topological polar surface area (TPSA) is 55.4 Å². The van der Waals surface area contributed by atoms with Crippen LogP contribution in [0.3, 0.4) is 0 Å². The fraction of sp³-hybridized carbons (Fsp3) is 0.889. The lowest BCUT2D eigenvalue weighted by atomic mass is 10.1. The molecule has 0 saturated heterocycles. The van der Waals surface area contributed by atoms with Gasteiger partial charge in [-0.2, -0.15) is 12.6 Å². The van der Waals surface area contributed by atoms with Crippen molar-refractivity contribution in [2.45, 2.75) is 90.5 Å². The summed E-state index contributed by atoms with van der Waals surface area (Å²) >= 11 is 4.05. The van der Waals surface area contributed by atoms with Gasteiger partial charge in [-0.1, -0.05) is 71.1 Å². The van der Waals surface area contributed by atoms with Crippen LogP contribution in [-0.2, 0) is 14.3 Å². The fourth-order valence-electron chi connectivity index (χ4n) is 2.46. The molecule has 0 aliphatic heterocycles. The first-order chi connectivity index (χ1) is 11.1. The first-order valence-corrected chi connectivity index (χ1v) is 9.79. The Morgan fingerprint density at radius 1 is 0.913 bits per heavy atom. The van der Waals surface area contributed by atoms with Gasteiger partial charge in [-0.15, -0.1) is 0 Å². The normalized spacial score (nSPS) is 12.0. The summed E-state index contributed by atoms with van der Waals surface area (Å²) in [4.78, 5) is 22.6. The van der Waals surface area contributed by atoms with Crippen molar-refractivity contribution >= 4 is 24.5 Å². The largest absolute Gasteiger partial charge is 0.464 e. The van der Waals surface area contributed by atoms with Crippen LogP contribution in [0.4, 0.5) is 0 Å². The van der Waals surface area contributed by atoms with E-state index >= 15 is 0 Å². The number of rotatable bonds is 15. The fourth-order valence-corrected chi connectivity index (χ4v) is 2.70. The van der Waals surface area contributed by atoms with Crippen molar-refractivity contribution in [2.75, 3.05) is 12.4 Å². The Balaban J connectivity index is 3.38. The van der Waals surface area contributed by atoms with Gasteiger partial charge >= 0.3 is 5.97 Å². The third kappa shape index (κ3) is 14.6. The smallest absolute Gasteiger partial charge is 0.329 e. The highest BCUT2D eigenvalue weighted by atomic mass is 32.1. The average Bonchev–Trinajstić information content (AvgIpc) is 2.53. The quantitative estimate of drug-likeness (QED) is 0.265. The molecule has 5 heteroatoms. The average molecular weight is 346 g/mol. The summed E-state index contributed by atoms with van der Waals surface area (Å²) in [6, 6.07) is -0.636. The molecule has 4 nitrogen and oxygen atoms in total. The van der Waals surface area contributed by atoms with Crippen molar-refractivity contribution in [3.63, 3.8) is 0 Å². The SMILES string of the molecule is CCCCCCCCCCCCCOC(=O)[C@H](CS)NC(C)=O. The third-order valence-corrected chi connectivity index (χ3v) is 4.20. The van der Waals surface area contributed by atoms with E-state index in [4.69, 9.17) is 4.74 Å². The molecule has 1 amide bonds. The second kappa shape index (κ2) is 16.2. The van der Waals surface area contributed by atoms with E-state index in [1.165, 1.54) is 64.7 Å². The molecule has 136 valence electrons. The van der Waals surface area contributed by atoms with Gasteiger partial charge in [-0.05, 0) is 6.42 Å². The molecule has 0 radical (unpaired) electrons. The van der Waals surface area contributed by atoms with Crippen molar-refractivity contribution in [1.82, 2.24) is 5.32 Å². The van der Waals surface area contributed by atoms with Crippen molar-refractivity contribution in [3.05, 3.63) is 0 Å². The molecule has 0 saturated carbocycles. The molecular weight excluding hydrogens is 310 g/mol. The van der Waals surface area contributed by atoms with Crippen LogP contribution in [-0.4, -0.2) is 30.3 Å². The van der Waals surface area contributed by atoms with Crippen molar-refractivity contribution in [3.8, 4) is 0 Å². The molecular formula is C18H35NO3S. The molecule has 0 aliphatic rings. The molecule has 0 aromatic rings. The minimum atomic E-state index is -0.636. The minimum Gasteiger partial charge on any atom is -0.464 e. The van der Waals surface area contributed by atoms with Gasteiger partial charge in [0, 0.05) is 12.7 Å².